The van der Waals surface area contributed by atoms with Gasteiger partial charge in [-0.2, -0.15) is 5.26 Å². The Hall–Kier alpha value is -2.94. The number of carbonyl (C=O) groups excluding carboxylic acids is 1. The topological polar surface area (TPSA) is 81.9 Å². The first kappa shape index (κ1) is 16.4. The minimum atomic E-state index is -0.298. The molecule has 2 rings (SSSR count). The smallest absolute Gasteiger partial charge is 0.274 e. The average Bonchev–Trinajstić information content (AvgIpc) is 2.56. The molecule has 0 aliphatic carbocycles. The quantitative estimate of drug-likeness (QED) is 0.918. The summed E-state index contributed by atoms with van der Waals surface area (Å²) < 4.78 is 0. The lowest BCUT2D eigenvalue weighted by atomic mass is 10.2. The Labute approximate surface area is 135 Å². The summed E-state index contributed by atoms with van der Waals surface area (Å²) in [4.78, 5) is 23.0. The van der Waals surface area contributed by atoms with Crippen molar-refractivity contribution in [2.75, 3.05) is 23.3 Å². The number of amides is 1. The van der Waals surface area contributed by atoms with E-state index in [0.29, 0.717) is 22.8 Å². The molecule has 0 radical (unpaired) electrons. The predicted molar refractivity (Wildman–Crippen MR) is 89.4 cm³/mol. The van der Waals surface area contributed by atoms with E-state index < -0.39 is 0 Å². The lowest BCUT2D eigenvalue weighted by Gasteiger charge is -2.20. The van der Waals surface area contributed by atoms with Gasteiger partial charge in [-0.25, -0.2) is 9.97 Å². The van der Waals surface area contributed by atoms with E-state index in [1.807, 2.05) is 19.9 Å². The highest BCUT2D eigenvalue weighted by molar-refractivity contribution is 6.03. The molecule has 118 valence electrons. The van der Waals surface area contributed by atoms with Gasteiger partial charge in [-0.1, -0.05) is 0 Å². The van der Waals surface area contributed by atoms with Gasteiger partial charge in [0.25, 0.3) is 5.91 Å². The van der Waals surface area contributed by atoms with Gasteiger partial charge in [-0.3, -0.25) is 4.79 Å². The zero-order chi connectivity index (χ0) is 16.8. The number of nitrogens with one attached hydrogen (secondary N) is 1. The van der Waals surface area contributed by atoms with Crippen LogP contribution in [0.4, 0.5) is 11.5 Å². The molecule has 0 saturated heterocycles. The Morgan fingerprint density at radius 1 is 1.22 bits per heavy atom. The van der Waals surface area contributed by atoms with Crippen molar-refractivity contribution in [1.29, 1.82) is 5.26 Å². The van der Waals surface area contributed by atoms with E-state index in [2.05, 4.69) is 20.2 Å². The first-order valence-corrected chi connectivity index (χ1v) is 7.49. The third-order valence-corrected chi connectivity index (χ3v) is 3.42. The molecule has 1 aromatic heterocycles. The molecule has 0 saturated carbocycles. The Balaban J connectivity index is 2.23. The predicted octanol–water partition coefficient (Wildman–Crippen LogP) is 2.76. The number of anilines is 2. The third-order valence-electron chi connectivity index (χ3n) is 3.42. The first-order chi connectivity index (χ1) is 11.1. The molecule has 0 aliphatic rings. The summed E-state index contributed by atoms with van der Waals surface area (Å²) in [7, 11) is 0. The number of nitrogens with zero attached hydrogens (tertiary/aromatic N) is 4. The van der Waals surface area contributed by atoms with Crippen molar-refractivity contribution in [1.82, 2.24) is 9.97 Å². The van der Waals surface area contributed by atoms with Crippen molar-refractivity contribution in [3.05, 3.63) is 47.4 Å². The number of aryl methyl sites for hydroxylation is 1. The molecule has 1 aromatic carbocycles. The van der Waals surface area contributed by atoms with Crippen LogP contribution in [0.2, 0.25) is 0 Å². The second-order valence-electron chi connectivity index (χ2n) is 4.97. The summed E-state index contributed by atoms with van der Waals surface area (Å²) >= 11 is 0. The van der Waals surface area contributed by atoms with Crippen LogP contribution in [0.3, 0.4) is 0 Å². The Morgan fingerprint density at radius 3 is 2.43 bits per heavy atom. The van der Waals surface area contributed by atoms with Crippen LogP contribution < -0.4 is 10.2 Å². The molecule has 1 amide bonds. The van der Waals surface area contributed by atoms with E-state index in [1.54, 1.807) is 37.3 Å². The Kier molecular flexibility index (Phi) is 5.26. The molecule has 0 bridgehead atoms. The number of aromatic nitrogens is 2. The Bertz CT molecular complexity index is 730. The number of benzene rings is 1. The minimum absolute atomic E-state index is 0.298. The van der Waals surface area contributed by atoms with Crippen molar-refractivity contribution >= 4 is 17.4 Å². The summed E-state index contributed by atoms with van der Waals surface area (Å²) in [5.74, 6) is 1.00. The van der Waals surface area contributed by atoms with E-state index in [0.717, 1.165) is 18.9 Å². The van der Waals surface area contributed by atoms with Crippen molar-refractivity contribution in [3.8, 4) is 6.07 Å². The van der Waals surface area contributed by atoms with Crippen molar-refractivity contribution in [2.24, 2.45) is 0 Å². The highest BCUT2D eigenvalue weighted by Crippen LogP contribution is 2.15. The van der Waals surface area contributed by atoms with E-state index in [-0.39, 0.29) is 5.91 Å². The normalized spacial score (nSPS) is 10.0. The first-order valence-electron chi connectivity index (χ1n) is 7.49. The monoisotopic (exact) mass is 309 g/mol. The number of rotatable bonds is 5. The summed E-state index contributed by atoms with van der Waals surface area (Å²) in [5, 5.41) is 11.6. The standard InChI is InChI=1S/C17H19N5O/c1-4-22(5-2)16-10-15(19-12(3)20-16)17(23)21-14-8-6-13(11-18)7-9-14/h6-10H,4-5H2,1-3H3,(H,21,23). The van der Waals surface area contributed by atoms with Crippen molar-refractivity contribution < 1.29 is 4.79 Å². The fraction of sp³-hybridized carbons (Fsp3) is 0.294. The molecule has 0 spiro atoms. The maximum absolute atomic E-state index is 12.4. The van der Waals surface area contributed by atoms with Gasteiger partial charge in [0.15, 0.2) is 0 Å². The lowest BCUT2D eigenvalue weighted by Crippen LogP contribution is -2.24. The molecule has 0 fully saturated rings. The third kappa shape index (κ3) is 4.04. The highest BCUT2D eigenvalue weighted by atomic mass is 16.1. The van der Waals surface area contributed by atoms with E-state index in [1.165, 1.54) is 0 Å². The van der Waals surface area contributed by atoms with Crippen LogP contribution in [0.15, 0.2) is 30.3 Å². The zero-order valence-electron chi connectivity index (χ0n) is 13.5. The molecule has 0 unspecified atom stereocenters. The van der Waals surface area contributed by atoms with Gasteiger partial charge in [0.05, 0.1) is 11.6 Å². The van der Waals surface area contributed by atoms with Gasteiger partial charge in [-0.05, 0) is 45.0 Å². The van der Waals surface area contributed by atoms with Gasteiger partial charge in [0.1, 0.15) is 17.3 Å². The number of carbonyl (C=O) groups is 1. The summed E-state index contributed by atoms with van der Waals surface area (Å²) in [6, 6.07) is 10.4. The molecule has 0 aliphatic heterocycles. The largest absolute Gasteiger partial charge is 0.357 e. The van der Waals surface area contributed by atoms with E-state index in [4.69, 9.17) is 5.26 Å². The van der Waals surface area contributed by atoms with Gasteiger partial charge < -0.3 is 10.2 Å². The fourth-order valence-corrected chi connectivity index (χ4v) is 2.20. The van der Waals surface area contributed by atoms with Crippen LogP contribution in [0, 0.1) is 18.3 Å². The maximum atomic E-state index is 12.4. The fourth-order valence-electron chi connectivity index (χ4n) is 2.20. The van der Waals surface area contributed by atoms with Crippen molar-refractivity contribution in [3.63, 3.8) is 0 Å². The number of nitriles is 1. The summed E-state index contributed by atoms with van der Waals surface area (Å²) in [6.45, 7) is 7.47. The molecular weight excluding hydrogens is 290 g/mol. The van der Waals surface area contributed by atoms with E-state index in [9.17, 15) is 4.79 Å². The number of hydrogen-bond acceptors (Lipinski definition) is 5. The molecule has 6 nitrogen and oxygen atoms in total. The molecule has 0 atom stereocenters. The average molecular weight is 309 g/mol. The van der Waals surface area contributed by atoms with Gasteiger partial charge >= 0.3 is 0 Å². The van der Waals surface area contributed by atoms with Gasteiger partial charge in [-0.15, -0.1) is 0 Å². The van der Waals surface area contributed by atoms with Crippen LogP contribution in [-0.4, -0.2) is 29.0 Å². The summed E-state index contributed by atoms with van der Waals surface area (Å²) in [6.07, 6.45) is 0. The zero-order valence-corrected chi connectivity index (χ0v) is 13.5. The second kappa shape index (κ2) is 7.36. The highest BCUT2D eigenvalue weighted by Gasteiger charge is 2.13. The number of hydrogen-bond donors (Lipinski definition) is 1. The van der Waals surface area contributed by atoms with Crippen molar-refractivity contribution in [2.45, 2.75) is 20.8 Å². The van der Waals surface area contributed by atoms with Crippen LogP contribution >= 0.6 is 0 Å². The minimum Gasteiger partial charge on any atom is -0.357 e. The molecule has 6 heteroatoms. The van der Waals surface area contributed by atoms with Gasteiger partial charge in [0, 0.05) is 24.8 Å². The molecule has 2 aromatic rings. The SMILES string of the molecule is CCN(CC)c1cc(C(=O)Nc2ccc(C#N)cc2)nc(C)n1. The summed E-state index contributed by atoms with van der Waals surface area (Å²) in [5.41, 5.74) is 1.49. The molecular formula is C17H19N5O. The molecule has 1 heterocycles. The Morgan fingerprint density at radius 2 is 1.87 bits per heavy atom. The van der Waals surface area contributed by atoms with Crippen LogP contribution in [0.25, 0.3) is 0 Å². The second-order valence-corrected chi connectivity index (χ2v) is 4.97. The van der Waals surface area contributed by atoms with Gasteiger partial charge in [0.2, 0.25) is 0 Å². The van der Waals surface area contributed by atoms with Crippen LogP contribution in [-0.2, 0) is 0 Å². The van der Waals surface area contributed by atoms with Crippen LogP contribution in [0.1, 0.15) is 35.7 Å². The molecule has 1 N–H and O–H groups in total. The van der Waals surface area contributed by atoms with E-state index >= 15 is 0 Å². The maximum Gasteiger partial charge on any atom is 0.274 e. The lowest BCUT2D eigenvalue weighted by molar-refractivity contribution is 0.102. The molecule has 23 heavy (non-hydrogen) atoms. The van der Waals surface area contributed by atoms with Crippen LogP contribution in [0.5, 0.6) is 0 Å².